The average molecular weight is 264 g/mol. The summed E-state index contributed by atoms with van der Waals surface area (Å²) in [6, 6.07) is 0. The van der Waals surface area contributed by atoms with Gasteiger partial charge in [-0.3, -0.25) is 0 Å². The Morgan fingerprint density at radius 3 is 3.17 bits per heavy atom. The Balaban J connectivity index is 2.05. The topological polar surface area (TPSA) is 69.7 Å². The number of rotatable bonds is 2. The highest BCUT2D eigenvalue weighted by Crippen LogP contribution is 2.27. The molecule has 0 bridgehead atoms. The summed E-state index contributed by atoms with van der Waals surface area (Å²) in [6.07, 6.45) is 1.67. The van der Waals surface area contributed by atoms with Crippen LogP contribution < -0.4 is 10.2 Å². The van der Waals surface area contributed by atoms with Crippen LogP contribution in [0.1, 0.15) is 6.92 Å². The van der Waals surface area contributed by atoms with Crippen molar-refractivity contribution >= 4 is 34.7 Å². The summed E-state index contributed by atoms with van der Waals surface area (Å²) >= 11 is 2.01. The molecule has 2 aromatic heterocycles. The Labute approximate surface area is 110 Å². The van der Waals surface area contributed by atoms with E-state index < -0.39 is 0 Å². The number of nitrogens with one attached hydrogen (secondary N) is 2. The van der Waals surface area contributed by atoms with Crippen LogP contribution in [0.5, 0.6) is 0 Å². The largest absolute Gasteiger partial charge is 0.357 e. The van der Waals surface area contributed by atoms with Gasteiger partial charge >= 0.3 is 0 Å². The lowest BCUT2D eigenvalue weighted by atomic mass is 10.3. The predicted molar refractivity (Wildman–Crippen MR) is 75.4 cm³/mol. The highest BCUT2D eigenvalue weighted by Gasteiger charge is 2.21. The van der Waals surface area contributed by atoms with E-state index in [0.717, 1.165) is 35.8 Å². The van der Waals surface area contributed by atoms with E-state index in [1.807, 2.05) is 18.8 Å². The summed E-state index contributed by atoms with van der Waals surface area (Å²) in [6.45, 7) is 4.28. The fourth-order valence-corrected chi connectivity index (χ4v) is 3.18. The van der Waals surface area contributed by atoms with Gasteiger partial charge in [-0.15, -0.1) is 0 Å². The van der Waals surface area contributed by atoms with Crippen LogP contribution in [0.2, 0.25) is 0 Å². The van der Waals surface area contributed by atoms with E-state index in [-0.39, 0.29) is 0 Å². The normalized spacial score (nSPS) is 20.3. The van der Waals surface area contributed by atoms with Crippen molar-refractivity contribution in [2.45, 2.75) is 12.2 Å². The molecule has 2 N–H and O–H groups in total. The number of H-pyrrole nitrogens is 1. The Kier molecular flexibility index (Phi) is 2.99. The van der Waals surface area contributed by atoms with Crippen LogP contribution in [0, 0.1) is 0 Å². The van der Waals surface area contributed by atoms with Crippen LogP contribution in [0.15, 0.2) is 6.33 Å². The standard InChI is InChI=1S/C11H16N6S/c1-7-5-17(3-4-18-7)10-8-9(14-6-13-8)15-11(12-2)16-10/h6-7H,3-5H2,1-2H3,(H2,12,13,14,15,16). The van der Waals surface area contributed by atoms with Crippen LogP contribution in [0.3, 0.4) is 0 Å². The SMILES string of the molecule is CNc1nc(N2CCSC(C)C2)c2[nH]cnc2n1. The van der Waals surface area contributed by atoms with Crippen molar-refractivity contribution in [2.24, 2.45) is 0 Å². The molecule has 1 aliphatic rings. The maximum atomic E-state index is 4.57. The van der Waals surface area contributed by atoms with Crippen molar-refractivity contribution in [1.29, 1.82) is 0 Å². The van der Waals surface area contributed by atoms with Gasteiger partial charge in [-0.1, -0.05) is 6.92 Å². The van der Waals surface area contributed by atoms with Crippen molar-refractivity contribution in [3.8, 4) is 0 Å². The van der Waals surface area contributed by atoms with Crippen molar-refractivity contribution in [1.82, 2.24) is 19.9 Å². The number of aromatic nitrogens is 4. The molecule has 7 heteroatoms. The van der Waals surface area contributed by atoms with Crippen molar-refractivity contribution < 1.29 is 0 Å². The monoisotopic (exact) mass is 264 g/mol. The number of imidazole rings is 1. The van der Waals surface area contributed by atoms with E-state index in [1.165, 1.54) is 0 Å². The zero-order valence-corrected chi connectivity index (χ0v) is 11.3. The smallest absolute Gasteiger partial charge is 0.226 e. The zero-order valence-electron chi connectivity index (χ0n) is 10.5. The van der Waals surface area contributed by atoms with Gasteiger partial charge in [0.1, 0.15) is 5.52 Å². The molecule has 0 spiro atoms. The van der Waals surface area contributed by atoms with Gasteiger partial charge in [-0.2, -0.15) is 21.7 Å². The maximum Gasteiger partial charge on any atom is 0.226 e. The van der Waals surface area contributed by atoms with Crippen molar-refractivity contribution in [2.75, 3.05) is 36.1 Å². The van der Waals surface area contributed by atoms with Crippen LogP contribution in [-0.2, 0) is 0 Å². The number of hydrogen-bond acceptors (Lipinski definition) is 6. The molecular formula is C11H16N6S. The molecule has 0 radical (unpaired) electrons. The second-order valence-electron chi connectivity index (χ2n) is 4.35. The Bertz CT molecular complexity index is 553. The first-order chi connectivity index (χ1) is 8.78. The molecule has 0 saturated carbocycles. The Morgan fingerprint density at radius 1 is 1.50 bits per heavy atom. The quantitative estimate of drug-likeness (QED) is 0.853. The minimum Gasteiger partial charge on any atom is -0.357 e. The molecule has 3 heterocycles. The third-order valence-corrected chi connectivity index (χ3v) is 4.17. The number of aromatic amines is 1. The molecule has 2 aromatic rings. The highest BCUT2D eigenvalue weighted by molar-refractivity contribution is 8.00. The van der Waals surface area contributed by atoms with Gasteiger partial charge in [-0.05, 0) is 0 Å². The molecule has 1 aliphatic heterocycles. The molecule has 0 aromatic carbocycles. The Morgan fingerprint density at radius 2 is 2.39 bits per heavy atom. The molecule has 1 fully saturated rings. The average Bonchev–Trinajstić information content (AvgIpc) is 2.85. The molecule has 96 valence electrons. The van der Waals surface area contributed by atoms with Crippen LogP contribution in [0.25, 0.3) is 11.2 Å². The number of anilines is 2. The fraction of sp³-hybridized carbons (Fsp3) is 0.545. The lowest BCUT2D eigenvalue weighted by molar-refractivity contribution is 0.772. The third kappa shape index (κ3) is 1.98. The van der Waals surface area contributed by atoms with Crippen LogP contribution in [0.4, 0.5) is 11.8 Å². The van der Waals surface area contributed by atoms with Crippen molar-refractivity contribution in [3.63, 3.8) is 0 Å². The molecular weight excluding hydrogens is 248 g/mol. The Hall–Kier alpha value is -1.50. The van der Waals surface area contributed by atoms with Crippen LogP contribution in [-0.4, -0.2) is 51.1 Å². The van der Waals surface area contributed by atoms with Gasteiger partial charge in [0, 0.05) is 31.1 Å². The maximum absolute atomic E-state index is 4.57. The van der Waals surface area contributed by atoms with E-state index >= 15 is 0 Å². The molecule has 18 heavy (non-hydrogen) atoms. The molecule has 0 amide bonds. The van der Waals surface area contributed by atoms with Crippen molar-refractivity contribution in [3.05, 3.63) is 6.33 Å². The summed E-state index contributed by atoms with van der Waals surface area (Å²) in [4.78, 5) is 18.6. The van der Waals surface area contributed by atoms with Gasteiger partial charge < -0.3 is 15.2 Å². The molecule has 1 atom stereocenters. The van der Waals surface area contributed by atoms with E-state index in [1.54, 1.807) is 6.33 Å². The lowest BCUT2D eigenvalue weighted by Crippen LogP contribution is -2.37. The molecule has 6 nitrogen and oxygen atoms in total. The van der Waals surface area contributed by atoms with Gasteiger partial charge in [-0.25, -0.2) is 4.98 Å². The first kappa shape index (κ1) is 11.6. The fourth-order valence-electron chi connectivity index (χ4n) is 2.17. The summed E-state index contributed by atoms with van der Waals surface area (Å²) in [5.41, 5.74) is 1.64. The number of hydrogen-bond donors (Lipinski definition) is 2. The predicted octanol–water partition coefficient (Wildman–Crippen LogP) is 1.34. The van der Waals surface area contributed by atoms with E-state index in [4.69, 9.17) is 0 Å². The van der Waals surface area contributed by atoms with E-state index in [0.29, 0.717) is 11.2 Å². The van der Waals surface area contributed by atoms with Gasteiger partial charge in [0.05, 0.1) is 6.33 Å². The molecule has 1 saturated heterocycles. The minimum atomic E-state index is 0.621. The van der Waals surface area contributed by atoms with Gasteiger partial charge in [0.2, 0.25) is 5.95 Å². The van der Waals surface area contributed by atoms with E-state index in [9.17, 15) is 0 Å². The number of nitrogens with zero attached hydrogens (tertiary/aromatic N) is 4. The molecule has 3 rings (SSSR count). The van der Waals surface area contributed by atoms with E-state index in [2.05, 4.69) is 37.1 Å². The van der Waals surface area contributed by atoms with Gasteiger partial charge in [0.15, 0.2) is 11.5 Å². The second kappa shape index (κ2) is 4.64. The zero-order chi connectivity index (χ0) is 12.5. The summed E-state index contributed by atoms with van der Waals surface area (Å²) < 4.78 is 0. The van der Waals surface area contributed by atoms with Gasteiger partial charge in [0.25, 0.3) is 0 Å². The first-order valence-electron chi connectivity index (χ1n) is 6.03. The lowest BCUT2D eigenvalue weighted by Gasteiger charge is -2.31. The number of fused-ring (bicyclic) bond motifs is 1. The second-order valence-corrected chi connectivity index (χ2v) is 5.90. The number of thioether (sulfide) groups is 1. The highest BCUT2D eigenvalue weighted by atomic mass is 32.2. The molecule has 0 aliphatic carbocycles. The summed E-state index contributed by atoms with van der Waals surface area (Å²) in [5.74, 6) is 2.71. The van der Waals surface area contributed by atoms with Crippen LogP contribution >= 0.6 is 11.8 Å². The minimum absolute atomic E-state index is 0.621. The molecule has 1 unspecified atom stereocenters. The summed E-state index contributed by atoms with van der Waals surface area (Å²) in [5, 5.41) is 3.62. The first-order valence-corrected chi connectivity index (χ1v) is 7.08. The summed E-state index contributed by atoms with van der Waals surface area (Å²) in [7, 11) is 1.83. The third-order valence-electron chi connectivity index (χ3n) is 3.03.